The highest BCUT2D eigenvalue weighted by Gasteiger charge is 2.25. The molecule has 170 valence electrons. The molecule has 1 aromatic rings. The molecule has 32 heavy (non-hydrogen) atoms. The quantitative estimate of drug-likeness (QED) is 0.500. The highest BCUT2D eigenvalue weighted by molar-refractivity contribution is 6.31. The molecule has 3 rings (SSSR count). The highest BCUT2D eigenvalue weighted by Crippen LogP contribution is 2.27. The summed E-state index contributed by atoms with van der Waals surface area (Å²) in [5.41, 5.74) is 5.17. The Balaban J connectivity index is 0.000000244. The van der Waals surface area contributed by atoms with Crippen LogP contribution in [0.4, 0.5) is 5.69 Å². The van der Waals surface area contributed by atoms with Crippen LogP contribution in [0, 0.1) is 5.92 Å². The molecular formula is C27H32ClNO3. The summed E-state index contributed by atoms with van der Waals surface area (Å²) in [5.74, 6) is -0.785. The second kappa shape index (κ2) is 11.7. The Hall–Kier alpha value is -2.85. The predicted octanol–water partition coefficient (Wildman–Crippen LogP) is 6.77. The molecule has 1 amide bonds. The van der Waals surface area contributed by atoms with Crippen LogP contribution in [0.5, 0.6) is 0 Å². The maximum absolute atomic E-state index is 11.9. The summed E-state index contributed by atoms with van der Waals surface area (Å²) in [6.07, 6.45) is 11.4. The molecule has 2 aliphatic rings. The normalized spacial score (nSPS) is 18.0. The lowest BCUT2D eigenvalue weighted by molar-refractivity contribution is -0.138. The van der Waals surface area contributed by atoms with E-state index in [1.807, 2.05) is 37.3 Å². The lowest BCUT2D eigenvalue weighted by atomic mass is 9.95. The minimum atomic E-state index is -0.846. The van der Waals surface area contributed by atoms with Gasteiger partial charge >= 0.3 is 5.97 Å². The number of carbonyl (C=O) groups excluding carboxylic acids is 1. The van der Waals surface area contributed by atoms with Crippen LogP contribution in [0.1, 0.15) is 52.0 Å². The Labute approximate surface area is 196 Å². The van der Waals surface area contributed by atoms with Crippen molar-refractivity contribution in [3.63, 3.8) is 0 Å². The highest BCUT2D eigenvalue weighted by atomic mass is 35.5. The van der Waals surface area contributed by atoms with Crippen molar-refractivity contribution in [2.75, 3.05) is 11.4 Å². The average molecular weight is 454 g/mol. The second-order valence-electron chi connectivity index (χ2n) is 8.28. The number of carboxylic acid groups (broad SMARTS) is 1. The first-order valence-corrected chi connectivity index (χ1v) is 11.2. The maximum Gasteiger partial charge on any atom is 0.310 e. The van der Waals surface area contributed by atoms with Crippen LogP contribution in [0.15, 0.2) is 83.0 Å². The Morgan fingerprint density at radius 1 is 1.19 bits per heavy atom. The van der Waals surface area contributed by atoms with E-state index in [1.165, 1.54) is 11.1 Å². The number of carboxylic acids is 1. The first-order valence-electron chi connectivity index (χ1n) is 10.8. The summed E-state index contributed by atoms with van der Waals surface area (Å²) < 4.78 is 0. The molecule has 0 aromatic heterocycles. The van der Waals surface area contributed by atoms with E-state index >= 15 is 0 Å². The standard InChI is InChI=1S/C15H17NO3.C12H15Cl/c1-3-11-8-14(17)16(9-11)13-6-4-12(5-7-13)10(2)15(18)19;1-9(2)10(3)11-5-4-6-12(13)8-7-11/h3-7,10H,8-9H2,1-2H3,(H,18,19);4,6-9H,3,5H2,1-2H3/b11-3+;. The summed E-state index contributed by atoms with van der Waals surface area (Å²) in [6, 6.07) is 7.17. The smallest absolute Gasteiger partial charge is 0.310 e. The number of allylic oxidation sites excluding steroid dienone is 8. The number of carbonyl (C=O) groups is 2. The minimum Gasteiger partial charge on any atom is -0.481 e. The zero-order valence-electron chi connectivity index (χ0n) is 19.3. The number of aliphatic carboxylic acids is 1. The summed E-state index contributed by atoms with van der Waals surface area (Å²) in [5, 5.41) is 9.74. The lowest BCUT2D eigenvalue weighted by Crippen LogP contribution is -2.23. The molecule has 0 bridgehead atoms. The van der Waals surface area contributed by atoms with E-state index in [0.717, 1.165) is 28.3 Å². The summed E-state index contributed by atoms with van der Waals surface area (Å²) in [4.78, 5) is 24.5. The van der Waals surface area contributed by atoms with Crippen molar-refractivity contribution in [1.82, 2.24) is 0 Å². The molecule has 1 aliphatic heterocycles. The van der Waals surface area contributed by atoms with Crippen LogP contribution in [-0.4, -0.2) is 23.5 Å². The van der Waals surface area contributed by atoms with Gasteiger partial charge in [0.1, 0.15) is 0 Å². The van der Waals surface area contributed by atoms with Crippen molar-refractivity contribution in [1.29, 1.82) is 0 Å². The molecule has 1 aliphatic carbocycles. The fourth-order valence-electron chi connectivity index (χ4n) is 3.36. The molecule has 0 saturated carbocycles. The number of hydrogen-bond donors (Lipinski definition) is 1. The maximum atomic E-state index is 11.9. The largest absolute Gasteiger partial charge is 0.481 e. The molecule has 1 fully saturated rings. The van der Waals surface area contributed by atoms with Crippen molar-refractivity contribution < 1.29 is 14.7 Å². The van der Waals surface area contributed by atoms with Gasteiger partial charge in [-0.1, -0.05) is 62.4 Å². The molecule has 4 nitrogen and oxygen atoms in total. The topological polar surface area (TPSA) is 57.6 Å². The Morgan fingerprint density at radius 2 is 1.84 bits per heavy atom. The van der Waals surface area contributed by atoms with Crippen molar-refractivity contribution in [2.45, 2.75) is 46.5 Å². The van der Waals surface area contributed by atoms with Crippen molar-refractivity contribution in [2.24, 2.45) is 5.92 Å². The van der Waals surface area contributed by atoms with E-state index in [1.54, 1.807) is 24.0 Å². The third kappa shape index (κ3) is 6.83. The molecule has 1 unspecified atom stereocenters. The zero-order chi connectivity index (χ0) is 23.8. The predicted molar refractivity (Wildman–Crippen MR) is 133 cm³/mol. The van der Waals surface area contributed by atoms with E-state index in [9.17, 15) is 9.59 Å². The van der Waals surface area contributed by atoms with Crippen LogP contribution in [0.25, 0.3) is 0 Å². The number of anilines is 1. The number of amides is 1. The van der Waals surface area contributed by atoms with Crippen LogP contribution < -0.4 is 4.90 Å². The van der Waals surface area contributed by atoms with Gasteiger partial charge in [0.25, 0.3) is 0 Å². The molecular weight excluding hydrogens is 422 g/mol. The van der Waals surface area contributed by atoms with Gasteiger partial charge in [0.05, 0.1) is 5.92 Å². The van der Waals surface area contributed by atoms with Crippen LogP contribution in [-0.2, 0) is 9.59 Å². The Morgan fingerprint density at radius 3 is 2.38 bits per heavy atom. The number of benzene rings is 1. The van der Waals surface area contributed by atoms with Crippen LogP contribution in [0.3, 0.4) is 0 Å². The van der Waals surface area contributed by atoms with E-state index in [-0.39, 0.29) is 5.91 Å². The molecule has 1 saturated heterocycles. The van der Waals surface area contributed by atoms with Gasteiger partial charge in [0.2, 0.25) is 5.91 Å². The first-order chi connectivity index (χ1) is 15.1. The van der Waals surface area contributed by atoms with E-state index in [4.69, 9.17) is 16.7 Å². The Kier molecular flexibility index (Phi) is 9.27. The van der Waals surface area contributed by atoms with Gasteiger partial charge in [-0.2, -0.15) is 0 Å². The molecule has 1 aromatic carbocycles. The lowest BCUT2D eigenvalue weighted by Gasteiger charge is -2.16. The van der Waals surface area contributed by atoms with Gasteiger partial charge in [-0.25, -0.2) is 0 Å². The third-order valence-electron chi connectivity index (χ3n) is 5.69. The minimum absolute atomic E-state index is 0.0899. The monoisotopic (exact) mass is 453 g/mol. The molecule has 5 heteroatoms. The fraction of sp³-hybridized carbons (Fsp3) is 0.333. The van der Waals surface area contributed by atoms with Crippen LogP contribution >= 0.6 is 11.6 Å². The van der Waals surface area contributed by atoms with Crippen molar-refractivity contribution in [3.05, 3.63) is 88.5 Å². The molecule has 0 radical (unpaired) electrons. The van der Waals surface area contributed by atoms with Crippen LogP contribution in [0.2, 0.25) is 0 Å². The molecule has 1 atom stereocenters. The summed E-state index contributed by atoms with van der Waals surface area (Å²) in [6.45, 7) is 12.6. The number of hydrogen-bond acceptors (Lipinski definition) is 2. The third-order valence-corrected chi connectivity index (χ3v) is 5.94. The zero-order valence-corrected chi connectivity index (χ0v) is 20.0. The first kappa shape index (κ1) is 25.4. The van der Waals surface area contributed by atoms with E-state index in [2.05, 4.69) is 32.6 Å². The average Bonchev–Trinajstić information content (AvgIpc) is 3.02. The Bertz CT molecular complexity index is 981. The van der Waals surface area contributed by atoms with Gasteiger partial charge in [-0.3, -0.25) is 9.59 Å². The summed E-state index contributed by atoms with van der Waals surface area (Å²) in [7, 11) is 0. The SMILES string of the molecule is C/C=C1\CC(=O)N(c2ccc(C(C)C(=O)O)cc2)C1.C=C(C1=CC=C(Cl)C=CC1)C(C)C. The van der Waals surface area contributed by atoms with Gasteiger partial charge in [0.15, 0.2) is 0 Å². The summed E-state index contributed by atoms with van der Waals surface area (Å²) >= 11 is 5.87. The number of halogens is 1. The van der Waals surface area contributed by atoms with Crippen molar-refractivity contribution >= 4 is 29.2 Å². The number of rotatable bonds is 5. The molecule has 1 N–H and O–H groups in total. The van der Waals surface area contributed by atoms with Crippen molar-refractivity contribution in [3.8, 4) is 0 Å². The number of nitrogens with zero attached hydrogens (tertiary/aromatic N) is 1. The van der Waals surface area contributed by atoms with Gasteiger partial charge in [0, 0.05) is 23.7 Å². The van der Waals surface area contributed by atoms with Gasteiger partial charge in [-0.15, -0.1) is 0 Å². The van der Waals surface area contributed by atoms with E-state index < -0.39 is 11.9 Å². The second-order valence-corrected chi connectivity index (χ2v) is 8.72. The van der Waals surface area contributed by atoms with Gasteiger partial charge < -0.3 is 10.0 Å². The van der Waals surface area contributed by atoms with E-state index in [0.29, 0.717) is 18.9 Å². The fourth-order valence-corrected chi connectivity index (χ4v) is 3.51. The van der Waals surface area contributed by atoms with Gasteiger partial charge in [-0.05, 0) is 72.8 Å². The molecule has 1 heterocycles. The molecule has 0 spiro atoms.